The average molecular weight is 277 g/mol. The fourth-order valence-corrected chi connectivity index (χ4v) is 3.15. The summed E-state index contributed by atoms with van der Waals surface area (Å²) in [6.45, 7) is 8.90. The Morgan fingerprint density at radius 3 is 2.50 bits per heavy atom. The van der Waals surface area contributed by atoms with Gasteiger partial charge in [-0.25, -0.2) is 13.1 Å². The Bertz CT molecular complexity index is 343. The number of hydrogen-bond donors (Lipinski definition) is 2. The molecule has 108 valence electrons. The molecular formula is C12H27N3O2S. The van der Waals surface area contributed by atoms with Gasteiger partial charge in [-0.1, -0.05) is 13.8 Å². The highest BCUT2D eigenvalue weighted by molar-refractivity contribution is 7.90. The molecule has 0 radical (unpaired) electrons. The molecule has 0 aromatic heterocycles. The van der Waals surface area contributed by atoms with E-state index in [1.54, 1.807) is 6.92 Å². The van der Waals surface area contributed by atoms with Gasteiger partial charge in [0.1, 0.15) is 0 Å². The van der Waals surface area contributed by atoms with E-state index in [4.69, 9.17) is 0 Å². The maximum Gasteiger partial charge on any atom is 0.215 e. The van der Waals surface area contributed by atoms with Crippen LogP contribution in [-0.2, 0) is 10.0 Å². The first-order valence-electron chi connectivity index (χ1n) is 6.71. The fourth-order valence-electron chi connectivity index (χ4n) is 2.08. The first-order valence-corrected chi connectivity index (χ1v) is 8.26. The summed E-state index contributed by atoms with van der Waals surface area (Å²) in [5, 5.41) is 2.77. The zero-order valence-electron chi connectivity index (χ0n) is 11.9. The van der Waals surface area contributed by atoms with Gasteiger partial charge in [0.05, 0.1) is 5.25 Å². The molecular weight excluding hydrogens is 250 g/mol. The number of rotatable bonds is 7. The highest BCUT2D eigenvalue weighted by Crippen LogP contribution is 2.13. The Labute approximate surface area is 111 Å². The number of nitrogens with one attached hydrogen (secondary N) is 2. The molecule has 0 aromatic rings. The van der Waals surface area contributed by atoms with Crippen molar-refractivity contribution >= 4 is 10.0 Å². The van der Waals surface area contributed by atoms with Crippen LogP contribution < -0.4 is 10.0 Å². The summed E-state index contributed by atoms with van der Waals surface area (Å²) < 4.78 is 26.8. The molecule has 5 nitrogen and oxygen atoms in total. The molecule has 2 N–H and O–H groups in total. The van der Waals surface area contributed by atoms with E-state index in [2.05, 4.69) is 22.0 Å². The quantitative estimate of drug-likeness (QED) is 0.700. The molecule has 1 aliphatic heterocycles. The molecule has 1 rings (SSSR count). The van der Waals surface area contributed by atoms with Crippen molar-refractivity contribution in [2.75, 3.05) is 33.2 Å². The molecule has 1 heterocycles. The molecule has 0 amide bonds. The molecule has 2 atom stereocenters. The highest BCUT2D eigenvalue weighted by atomic mass is 32.2. The average Bonchev–Trinajstić information content (AvgIpc) is 2.69. The Hall–Kier alpha value is -0.170. The Kier molecular flexibility index (Phi) is 6.04. The molecule has 1 fully saturated rings. The topological polar surface area (TPSA) is 61.4 Å². The van der Waals surface area contributed by atoms with E-state index >= 15 is 0 Å². The third-order valence-electron chi connectivity index (χ3n) is 3.41. The van der Waals surface area contributed by atoms with Crippen LogP contribution in [0.25, 0.3) is 0 Å². The summed E-state index contributed by atoms with van der Waals surface area (Å²) in [5.74, 6) is 0.454. The van der Waals surface area contributed by atoms with Crippen LogP contribution in [0.4, 0.5) is 0 Å². The molecule has 0 aliphatic carbocycles. The molecule has 6 heteroatoms. The van der Waals surface area contributed by atoms with Gasteiger partial charge >= 0.3 is 0 Å². The lowest BCUT2D eigenvalue weighted by molar-refractivity contribution is 0.394. The van der Waals surface area contributed by atoms with Crippen molar-refractivity contribution in [2.45, 2.75) is 38.5 Å². The zero-order chi connectivity index (χ0) is 13.8. The van der Waals surface area contributed by atoms with Crippen LogP contribution >= 0.6 is 0 Å². The second-order valence-corrected chi connectivity index (χ2v) is 7.87. The Morgan fingerprint density at radius 2 is 2.00 bits per heavy atom. The Balaban J connectivity index is 2.34. The van der Waals surface area contributed by atoms with Gasteiger partial charge in [0.2, 0.25) is 10.0 Å². The van der Waals surface area contributed by atoms with Crippen LogP contribution in [0.2, 0.25) is 0 Å². The molecule has 2 unspecified atom stereocenters. The first-order chi connectivity index (χ1) is 8.31. The van der Waals surface area contributed by atoms with E-state index in [1.165, 1.54) is 0 Å². The summed E-state index contributed by atoms with van der Waals surface area (Å²) in [4.78, 5) is 2.24. The van der Waals surface area contributed by atoms with Crippen LogP contribution in [0.1, 0.15) is 27.2 Å². The van der Waals surface area contributed by atoms with E-state index in [0.29, 0.717) is 25.0 Å². The van der Waals surface area contributed by atoms with Gasteiger partial charge in [-0.05, 0) is 32.9 Å². The van der Waals surface area contributed by atoms with Crippen LogP contribution in [0.3, 0.4) is 0 Å². The van der Waals surface area contributed by atoms with Gasteiger partial charge in [0.15, 0.2) is 0 Å². The van der Waals surface area contributed by atoms with E-state index in [9.17, 15) is 8.42 Å². The lowest BCUT2D eigenvalue weighted by Gasteiger charge is -2.18. The van der Waals surface area contributed by atoms with Crippen molar-refractivity contribution in [3.8, 4) is 0 Å². The number of likely N-dealkylation sites (tertiary alicyclic amines) is 1. The van der Waals surface area contributed by atoms with E-state index < -0.39 is 10.0 Å². The van der Waals surface area contributed by atoms with E-state index in [1.807, 2.05) is 13.8 Å². The summed E-state index contributed by atoms with van der Waals surface area (Å²) in [6.07, 6.45) is 1.08. The SMILES string of the molecule is CC(C)NCC(C)S(=O)(=O)NCC1CCN(C)C1. The Morgan fingerprint density at radius 1 is 1.33 bits per heavy atom. The van der Waals surface area contributed by atoms with Gasteiger partial charge < -0.3 is 10.2 Å². The van der Waals surface area contributed by atoms with Gasteiger partial charge in [0.25, 0.3) is 0 Å². The minimum Gasteiger partial charge on any atom is -0.313 e. The number of sulfonamides is 1. The highest BCUT2D eigenvalue weighted by Gasteiger charge is 2.24. The lowest BCUT2D eigenvalue weighted by atomic mass is 10.1. The molecule has 0 spiro atoms. The van der Waals surface area contributed by atoms with E-state index in [-0.39, 0.29) is 5.25 Å². The lowest BCUT2D eigenvalue weighted by Crippen LogP contribution is -2.42. The zero-order valence-corrected chi connectivity index (χ0v) is 12.8. The van der Waals surface area contributed by atoms with Crippen LogP contribution in [0.5, 0.6) is 0 Å². The molecule has 0 saturated carbocycles. The summed E-state index contributed by atoms with van der Waals surface area (Å²) in [6, 6.07) is 0.311. The summed E-state index contributed by atoms with van der Waals surface area (Å²) in [5.41, 5.74) is 0. The van der Waals surface area contributed by atoms with Crippen molar-refractivity contribution in [1.82, 2.24) is 14.9 Å². The predicted octanol–water partition coefficient (Wildman–Crippen LogP) is 0.244. The maximum absolute atomic E-state index is 12.0. The fraction of sp³-hybridized carbons (Fsp3) is 1.00. The van der Waals surface area contributed by atoms with Gasteiger partial charge in [0, 0.05) is 25.7 Å². The maximum atomic E-state index is 12.0. The molecule has 0 bridgehead atoms. The number of nitrogens with zero attached hydrogens (tertiary/aromatic N) is 1. The monoisotopic (exact) mass is 277 g/mol. The predicted molar refractivity (Wildman–Crippen MR) is 75.1 cm³/mol. The molecule has 1 saturated heterocycles. The minimum atomic E-state index is -3.19. The van der Waals surface area contributed by atoms with Gasteiger partial charge in [-0.3, -0.25) is 0 Å². The van der Waals surface area contributed by atoms with E-state index in [0.717, 1.165) is 19.5 Å². The molecule has 1 aliphatic rings. The standard InChI is InChI=1S/C12H27N3O2S/c1-10(2)13-7-11(3)18(16,17)14-8-12-5-6-15(4)9-12/h10-14H,5-9H2,1-4H3. The second-order valence-electron chi connectivity index (χ2n) is 5.68. The number of hydrogen-bond acceptors (Lipinski definition) is 4. The molecule has 18 heavy (non-hydrogen) atoms. The second kappa shape index (κ2) is 6.84. The first kappa shape index (κ1) is 15.9. The van der Waals surface area contributed by atoms with Crippen molar-refractivity contribution in [2.24, 2.45) is 5.92 Å². The normalized spacial score (nSPS) is 23.7. The third-order valence-corrected chi connectivity index (χ3v) is 5.20. The summed E-state index contributed by atoms with van der Waals surface area (Å²) in [7, 11) is -1.12. The third kappa shape index (κ3) is 5.22. The van der Waals surface area contributed by atoms with Crippen LogP contribution in [0, 0.1) is 5.92 Å². The largest absolute Gasteiger partial charge is 0.313 e. The molecule has 0 aromatic carbocycles. The van der Waals surface area contributed by atoms with Crippen molar-refractivity contribution in [1.29, 1.82) is 0 Å². The van der Waals surface area contributed by atoms with Crippen molar-refractivity contribution in [3.05, 3.63) is 0 Å². The minimum absolute atomic E-state index is 0.311. The van der Waals surface area contributed by atoms with Crippen LogP contribution in [-0.4, -0.2) is 57.8 Å². The van der Waals surface area contributed by atoms with Gasteiger partial charge in [-0.2, -0.15) is 0 Å². The summed E-state index contributed by atoms with van der Waals surface area (Å²) >= 11 is 0. The smallest absolute Gasteiger partial charge is 0.215 e. The van der Waals surface area contributed by atoms with Crippen LogP contribution in [0.15, 0.2) is 0 Å². The van der Waals surface area contributed by atoms with Crippen molar-refractivity contribution < 1.29 is 8.42 Å². The van der Waals surface area contributed by atoms with Gasteiger partial charge in [-0.15, -0.1) is 0 Å². The van der Waals surface area contributed by atoms with Crippen molar-refractivity contribution in [3.63, 3.8) is 0 Å².